The molecule has 2 bridgehead atoms. The number of hydrogen-bond donors (Lipinski definition) is 1. The van der Waals surface area contributed by atoms with E-state index < -0.39 is 81.0 Å². The fourth-order valence-electron chi connectivity index (χ4n) is 7.44. The van der Waals surface area contributed by atoms with Gasteiger partial charge in [0.2, 0.25) is 0 Å². The van der Waals surface area contributed by atoms with Gasteiger partial charge in [0.15, 0.2) is 11.5 Å². The summed E-state index contributed by atoms with van der Waals surface area (Å²) >= 11 is 6.05. The van der Waals surface area contributed by atoms with Crippen LogP contribution in [0.2, 0.25) is 5.02 Å². The van der Waals surface area contributed by atoms with Crippen LogP contribution in [0.4, 0.5) is 26.3 Å². The maximum absolute atomic E-state index is 14.8. The lowest BCUT2D eigenvalue weighted by Gasteiger charge is -2.51. The van der Waals surface area contributed by atoms with Crippen LogP contribution in [0.3, 0.4) is 0 Å². The van der Waals surface area contributed by atoms with Gasteiger partial charge >= 0.3 is 18.3 Å². The van der Waals surface area contributed by atoms with E-state index in [9.17, 15) is 45.8 Å². The first kappa shape index (κ1) is 33.3. The lowest BCUT2D eigenvalue weighted by Crippen LogP contribution is -2.52. The molecule has 1 amide bonds. The Balaban J connectivity index is 1.55. The van der Waals surface area contributed by atoms with Crippen molar-refractivity contribution in [3.8, 4) is 0 Å². The molecule has 14 heteroatoms. The van der Waals surface area contributed by atoms with Gasteiger partial charge in [-0.1, -0.05) is 31.5 Å². The molecule has 0 spiro atoms. The zero-order valence-corrected chi connectivity index (χ0v) is 25.6. The van der Waals surface area contributed by atoms with E-state index in [0.29, 0.717) is 31.7 Å². The quantitative estimate of drug-likeness (QED) is 0.240. The average molecular weight is 662 g/mol. The smallest absolute Gasteiger partial charge is 0.433 e. The van der Waals surface area contributed by atoms with Crippen molar-refractivity contribution >= 4 is 29.3 Å². The van der Waals surface area contributed by atoms with E-state index in [1.54, 1.807) is 0 Å². The molecule has 6 rings (SSSR count). The summed E-state index contributed by atoms with van der Waals surface area (Å²) in [6, 6.07) is 2.12. The number of fused-ring (bicyclic) bond motifs is 3. The van der Waals surface area contributed by atoms with Crippen LogP contribution in [-0.4, -0.2) is 50.0 Å². The predicted molar refractivity (Wildman–Crippen MR) is 151 cm³/mol. The van der Waals surface area contributed by atoms with Gasteiger partial charge in [-0.15, -0.1) is 0 Å². The molecule has 0 unspecified atom stereocenters. The number of nitrogens with zero attached hydrogens (tertiary/aromatic N) is 3. The second kappa shape index (κ2) is 11.3. The normalized spacial score (nSPS) is 25.3. The molecule has 2 aromatic rings. The van der Waals surface area contributed by atoms with E-state index in [2.05, 4.69) is 5.10 Å². The number of ketones is 1. The number of aliphatic carboxylic acids is 1. The fourth-order valence-corrected chi connectivity index (χ4v) is 7.72. The van der Waals surface area contributed by atoms with Gasteiger partial charge in [-0.05, 0) is 81.8 Å². The summed E-state index contributed by atoms with van der Waals surface area (Å²) in [6.07, 6.45) is -6.47. The number of amides is 1. The topological polar surface area (TPSA) is 92.5 Å². The molecule has 1 aromatic carbocycles. The van der Waals surface area contributed by atoms with Crippen LogP contribution in [0.5, 0.6) is 0 Å². The van der Waals surface area contributed by atoms with Crippen molar-refractivity contribution in [3.63, 3.8) is 0 Å². The first-order valence-corrected chi connectivity index (χ1v) is 15.3. The molecule has 1 heterocycles. The van der Waals surface area contributed by atoms with Crippen molar-refractivity contribution in [2.75, 3.05) is 6.54 Å². The Kier molecular flexibility index (Phi) is 8.36. The summed E-state index contributed by atoms with van der Waals surface area (Å²) in [5, 5.41) is 13.3. The van der Waals surface area contributed by atoms with Crippen LogP contribution < -0.4 is 0 Å². The highest BCUT2D eigenvalue weighted by Crippen LogP contribution is 2.57. The molecule has 4 saturated carbocycles. The zero-order chi connectivity index (χ0) is 33.2. The molecule has 4 aliphatic carbocycles. The van der Waals surface area contributed by atoms with Crippen LogP contribution in [0.25, 0.3) is 0 Å². The zero-order valence-electron chi connectivity index (χ0n) is 24.8. The number of carboxylic acid groups (broad SMARTS) is 1. The monoisotopic (exact) mass is 661 g/mol. The lowest BCUT2D eigenvalue weighted by molar-refractivity contribution is -0.163. The van der Waals surface area contributed by atoms with E-state index in [1.807, 2.05) is 13.8 Å². The molecule has 45 heavy (non-hydrogen) atoms. The minimum Gasteiger partial charge on any atom is -0.481 e. The SMILES string of the molecule is CC1(C)CCC(N(CC(=O)c2c(Cl)cccc2C(F)(F)F)C(=O)c2cnn(C34CCC(C(=O)O)(CC3)CC4)c2C(F)(F)F)CC1. The van der Waals surface area contributed by atoms with Crippen LogP contribution in [0.15, 0.2) is 24.4 Å². The third kappa shape index (κ3) is 6.08. The molecule has 7 nitrogen and oxygen atoms in total. The Morgan fingerprint density at radius 1 is 0.956 bits per heavy atom. The molecule has 0 atom stereocenters. The van der Waals surface area contributed by atoms with Crippen LogP contribution in [0.1, 0.15) is 110 Å². The van der Waals surface area contributed by atoms with Gasteiger partial charge in [-0.2, -0.15) is 31.4 Å². The second-order valence-electron chi connectivity index (χ2n) is 13.5. The number of Topliss-reactive ketones (excluding diaryl/α,β-unsaturated/α-hetero) is 1. The lowest BCUT2D eigenvalue weighted by atomic mass is 9.57. The summed E-state index contributed by atoms with van der Waals surface area (Å²) in [5.41, 5.74) is -6.52. The van der Waals surface area contributed by atoms with Gasteiger partial charge in [0.05, 0.1) is 45.4 Å². The van der Waals surface area contributed by atoms with E-state index in [0.717, 1.165) is 27.9 Å². The van der Waals surface area contributed by atoms with Gasteiger partial charge < -0.3 is 10.0 Å². The molecule has 246 valence electrons. The molecule has 1 aromatic heterocycles. The number of aromatic nitrogens is 2. The number of halogens is 7. The molecule has 4 fully saturated rings. The molecule has 4 aliphatic rings. The van der Waals surface area contributed by atoms with Crippen LogP contribution in [0, 0.1) is 10.8 Å². The summed E-state index contributed by atoms with van der Waals surface area (Å²) in [7, 11) is 0. The van der Waals surface area contributed by atoms with Crippen LogP contribution >= 0.6 is 11.6 Å². The van der Waals surface area contributed by atoms with Crippen molar-refractivity contribution in [2.45, 2.75) is 102 Å². The minimum atomic E-state index is -5.05. The number of benzene rings is 1. The third-order valence-corrected chi connectivity index (χ3v) is 10.6. The third-order valence-electron chi connectivity index (χ3n) is 10.3. The summed E-state index contributed by atoms with van der Waals surface area (Å²) < 4.78 is 86.8. The first-order valence-electron chi connectivity index (χ1n) is 14.9. The van der Waals surface area contributed by atoms with E-state index in [4.69, 9.17) is 11.6 Å². The largest absolute Gasteiger partial charge is 0.481 e. The molecule has 0 aliphatic heterocycles. The number of carboxylic acids is 1. The van der Waals surface area contributed by atoms with Crippen molar-refractivity contribution < 1.29 is 45.8 Å². The Hall–Kier alpha value is -3.09. The minimum absolute atomic E-state index is 0.129. The van der Waals surface area contributed by atoms with Crippen molar-refractivity contribution in [3.05, 3.63) is 51.8 Å². The fraction of sp³-hybridized carbons (Fsp3) is 0.613. The average Bonchev–Trinajstić information content (AvgIpc) is 3.43. The van der Waals surface area contributed by atoms with Crippen LogP contribution in [-0.2, 0) is 22.7 Å². The van der Waals surface area contributed by atoms with Gasteiger partial charge in [0, 0.05) is 6.04 Å². The predicted octanol–water partition coefficient (Wildman–Crippen LogP) is 8.00. The standard InChI is InChI=1S/C31H34ClF6N3O4/c1-27(2)8-6-18(7-9-27)40(17-22(42)23-20(30(33,34)35)4-3-5-21(23)32)25(43)19-16-39-41(24(19)31(36,37)38)29-13-10-28(11-14-29,12-15-29)26(44)45/h3-5,16,18H,6-15,17H2,1-2H3,(H,44,45). The Morgan fingerprint density at radius 2 is 1.53 bits per heavy atom. The summed E-state index contributed by atoms with van der Waals surface area (Å²) in [5.74, 6) is -3.28. The van der Waals surface area contributed by atoms with Crippen molar-refractivity contribution in [1.29, 1.82) is 0 Å². The van der Waals surface area contributed by atoms with E-state index >= 15 is 0 Å². The van der Waals surface area contributed by atoms with Gasteiger partial charge in [0.1, 0.15) is 0 Å². The van der Waals surface area contributed by atoms with Gasteiger partial charge in [-0.3, -0.25) is 19.1 Å². The molecular weight excluding hydrogens is 628 g/mol. The highest BCUT2D eigenvalue weighted by Gasteiger charge is 2.56. The van der Waals surface area contributed by atoms with E-state index in [1.165, 1.54) is 0 Å². The van der Waals surface area contributed by atoms with Gasteiger partial charge in [-0.25, -0.2) is 0 Å². The van der Waals surface area contributed by atoms with E-state index in [-0.39, 0.29) is 43.9 Å². The maximum Gasteiger partial charge on any atom is 0.433 e. The second-order valence-corrected chi connectivity index (χ2v) is 13.9. The number of rotatable bonds is 7. The molecule has 0 saturated heterocycles. The maximum atomic E-state index is 14.8. The number of carbonyl (C=O) groups excluding carboxylic acids is 2. The summed E-state index contributed by atoms with van der Waals surface area (Å²) in [4.78, 5) is 40.5. The van der Waals surface area contributed by atoms with Gasteiger partial charge in [0.25, 0.3) is 5.91 Å². The molecule has 1 N–H and O–H groups in total. The Bertz CT molecular complexity index is 1480. The number of hydrogen-bond acceptors (Lipinski definition) is 4. The first-order chi connectivity index (χ1) is 20.8. The van der Waals surface area contributed by atoms with Crippen molar-refractivity contribution in [2.24, 2.45) is 10.8 Å². The highest BCUT2D eigenvalue weighted by molar-refractivity contribution is 6.34. The molecule has 0 radical (unpaired) electrons. The van der Waals surface area contributed by atoms with Crippen molar-refractivity contribution in [1.82, 2.24) is 14.7 Å². The number of alkyl halides is 6. The Morgan fingerprint density at radius 3 is 2.04 bits per heavy atom. The molecular formula is C31H34ClF6N3O4. The number of carbonyl (C=O) groups is 3. The Labute approximate surface area is 260 Å². The highest BCUT2D eigenvalue weighted by atomic mass is 35.5. The summed E-state index contributed by atoms with van der Waals surface area (Å²) in [6.45, 7) is 3.09.